The summed E-state index contributed by atoms with van der Waals surface area (Å²) < 4.78 is 44.7. The molecule has 2 N–H and O–H groups in total. The number of fused-ring (bicyclic) bond motifs is 1. The number of aryl methyl sites for hydroxylation is 1. The van der Waals surface area contributed by atoms with Crippen LogP contribution in [0.5, 0.6) is 5.88 Å². The highest BCUT2D eigenvalue weighted by Gasteiger charge is 2.33. The number of alkyl halides is 3. The molecule has 0 unspecified atom stereocenters. The Morgan fingerprint density at radius 2 is 2.00 bits per heavy atom. The number of ether oxygens (including phenoxy) is 1. The number of pyridine rings is 1. The molecule has 3 aromatic rings. The number of anilines is 1. The van der Waals surface area contributed by atoms with Crippen LogP contribution in [0.4, 0.5) is 19.0 Å². The third kappa shape index (κ3) is 2.70. The van der Waals surface area contributed by atoms with Gasteiger partial charge in [-0.3, -0.25) is 0 Å². The molecule has 126 valence electrons. The fourth-order valence-corrected chi connectivity index (χ4v) is 2.36. The van der Waals surface area contributed by atoms with E-state index in [-0.39, 0.29) is 12.3 Å². The second-order valence-electron chi connectivity index (χ2n) is 5.07. The predicted molar refractivity (Wildman–Crippen MR) is 78.5 cm³/mol. The quantitative estimate of drug-likeness (QED) is 0.786. The smallest absolute Gasteiger partial charge is 0.433 e. The maximum Gasteiger partial charge on any atom is 0.433 e. The van der Waals surface area contributed by atoms with E-state index in [1.165, 1.54) is 24.0 Å². The Labute approximate surface area is 134 Å². The van der Waals surface area contributed by atoms with Crippen LogP contribution in [0.25, 0.3) is 5.78 Å². The molecule has 3 aromatic heterocycles. The maximum atomic E-state index is 12.8. The van der Waals surface area contributed by atoms with E-state index >= 15 is 0 Å². The molecular weight excluding hydrogens is 325 g/mol. The van der Waals surface area contributed by atoms with E-state index in [0.29, 0.717) is 28.4 Å². The molecule has 0 saturated heterocycles. The molecule has 0 aliphatic rings. The van der Waals surface area contributed by atoms with Crippen LogP contribution in [0, 0.1) is 6.92 Å². The van der Waals surface area contributed by atoms with Crippen molar-refractivity contribution in [1.29, 1.82) is 0 Å². The van der Waals surface area contributed by atoms with Crippen LogP contribution in [0.3, 0.4) is 0 Å². The lowest BCUT2D eigenvalue weighted by Gasteiger charge is -2.14. The first-order valence-corrected chi connectivity index (χ1v) is 6.87. The van der Waals surface area contributed by atoms with Crippen molar-refractivity contribution in [2.75, 3.05) is 12.8 Å². The fourth-order valence-electron chi connectivity index (χ4n) is 2.36. The number of nitrogens with zero attached hydrogens (tertiary/aromatic N) is 5. The molecule has 0 saturated carbocycles. The summed E-state index contributed by atoms with van der Waals surface area (Å²) >= 11 is 0. The summed E-state index contributed by atoms with van der Waals surface area (Å²) in [5.74, 6) is 0.561. The number of nitrogen functional groups attached to an aromatic ring is 1. The molecule has 0 bridgehead atoms. The van der Waals surface area contributed by atoms with E-state index in [0.717, 1.165) is 6.07 Å². The topological polar surface area (TPSA) is 91.2 Å². The van der Waals surface area contributed by atoms with E-state index in [1.807, 2.05) is 0 Å². The van der Waals surface area contributed by atoms with Gasteiger partial charge in [0.05, 0.1) is 7.11 Å². The lowest BCUT2D eigenvalue weighted by molar-refractivity contribution is -0.141. The molecule has 3 heterocycles. The van der Waals surface area contributed by atoms with Crippen molar-refractivity contribution in [3.8, 4) is 5.88 Å². The maximum absolute atomic E-state index is 12.8. The third-order valence-electron chi connectivity index (χ3n) is 3.56. The zero-order valence-corrected chi connectivity index (χ0v) is 12.8. The van der Waals surface area contributed by atoms with Crippen molar-refractivity contribution in [2.24, 2.45) is 0 Å². The standard InChI is InChI=1S/C14H13F3N6O/c1-7-9(11(18)23-13(21-7)19-6-20-23)5-8-3-4-10(14(15,16)17)22-12(8)24-2/h3-4,6H,5,18H2,1-2H3. The highest BCUT2D eigenvalue weighted by atomic mass is 19.4. The van der Waals surface area contributed by atoms with Gasteiger partial charge in [0.1, 0.15) is 17.8 Å². The minimum Gasteiger partial charge on any atom is -0.481 e. The molecule has 0 spiro atoms. The third-order valence-corrected chi connectivity index (χ3v) is 3.56. The van der Waals surface area contributed by atoms with Crippen LogP contribution in [-0.4, -0.2) is 31.7 Å². The number of nitrogens with two attached hydrogens (primary N) is 1. The van der Waals surface area contributed by atoms with E-state index in [4.69, 9.17) is 10.5 Å². The van der Waals surface area contributed by atoms with Gasteiger partial charge in [-0.05, 0) is 13.0 Å². The number of rotatable bonds is 3. The Morgan fingerprint density at radius 3 is 2.67 bits per heavy atom. The first kappa shape index (κ1) is 16.0. The molecule has 24 heavy (non-hydrogen) atoms. The lowest BCUT2D eigenvalue weighted by Crippen LogP contribution is -2.12. The van der Waals surface area contributed by atoms with Gasteiger partial charge in [-0.25, -0.2) is 9.97 Å². The van der Waals surface area contributed by atoms with Gasteiger partial charge in [-0.1, -0.05) is 6.07 Å². The Bertz CT molecular complexity index is 905. The Morgan fingerprint density at radius 1 is 1.25 bits per heavy atom. The van der Waals surface area contributed by atoms with Gasteiger partial charge in [-0.15, -0.1) is 0 Å². The molecule has 3 rings (SSSR count). The van der Waals surface area contributed by atoms with Gasteiger partial charge in [-0.2, -0.15) is 27.8 Å². The van der Waals surface area contributed by atoms with Crippen molar-refractivity contribution in [2.45, 2.75) is 19.5 Å². The largest absolute Gasteiger partial charge is 0.481 e. The van der Waals surface area contributed by atoms with E-state index in [9.17, 15) is 13.2 Å². The van der Waals surface area contributed by atoms with E-state index < -0.39 is 11.9 Å². The molecule has 0 aromatic carbocycles. The van der Waals surface area contributed by atoms with Crippen molar-refractivity contribution in [3.63, 3.8) is 0 Å². The summed E-state index contributed by atoms with van der Waals surface area (Å²) in [6, 6.07) is 2.23. The molecule has 0 amide bonds. The van der Waals surface area contributed by atoms with Gasteiger partial charge in [0, 0.05) is 23.2 Å². The second-order valence-corrected chi connectivity index (χ2v) is 5.07. The summed E-state index contributed by atoms with van der Waals surface area (Å²) in [4.78, 5) is 11.8. The SMILES string of the molecule is COc1nc(C(F)(F)F)ccc1Cc1c(C)nc2ncnn2c1N. The number of halogens is 3. The molecule has 0 fully saturated rings. The minimum atomic E-state index is -4.54. The average Bonchev–Trinajstić information content (AvgIpc) is 2.98. The van der Waals surface area contributed by atoms with Crippen LogP contribution in [0.2, 0.25) is 0 Å². The van der Waals surface area contributed by atoms with Crippen molar-refractivity contribution in [3.05, 3.63) is 41.0 Å². The normalized spacial score (nSPS) is 11.9. The highest BCUT2D eigenvalue weighted by molar-refractivity contribution is 5.51. The molecule has 0 aliphatic carbocycles. The molecule has 0 aliphatic heterocycles. The summed E-state index contributed by atoms with van der Waals surface area (Å²) in [5, 5.41) is 3.97. The minimum absolute atomic E-state index is 0.109. The summed E-state index contributed by atoms with van der Waals surface area (Å²) in [7, 11) is 1.26. The Kier molecular flexibility index (Phi) is 3.74. The monoisotopic (exact) mass is 338 g/mol. The first-order chi connectivity index (χ1) is 11.3. The Balaban J connectivity index is 2.05. The zero-order chi connectivity index (χ0) is 17.5. The first-order valence-electron chi connectivity index (χ1n) is 6.87. The van der Waals surface area contributed by atoms with Crippen molar-refractivity contribution < 1.29 is 17.9 Å². The molecule has 0 radical (unpaired) electrons. The summed E-state index contributed by atoms with van der Waals surface area (Å²) in [6.45, 7) is 1.74. The summed E-state index contributed by atoms with van der Waals surface area (Å²) in [6.07, 6.45) is -3.01. The number of methoxy groups -OCH3 is 1. The van der Waals surface area contributed by atoms with Gasteiger partial charge in [0.2, 0.25) is 5.88 Å². The number of hydrogen-bond donors (Lipinski definition) is 1. The van der Waals surface area contributed by atoms with E-state index in [1.54, 1.807) is 6.92 Å². The number of aromatic nitrogens is 5. The van der Waals surface area contributed by atoms with Crippen LogP contribution < -0.4 is 10.5 Å². The van der Waals surface area contributed by atoms with Crippen molar-refractivity contribution >= 4 is 11.6 Å². The number of hydrogen-bond acceptors (Lipinski definition) is 6. The predicted octanol–water partition coefficient (Wildman–Crippen LogP) is 2.03. The van der Waals surface area contributed by atoms with E-state index in [2.05, 4.69) is 20.1 Å². The zero-order valence-electron chi connectivity index (χ0n) is 12.8. The lowest BCUT2D eigenvalue weighted by atomic mass is 10.0. The highest BCUT2D eigenvalue weighted by Crippen LogP contribution is 2.31. The molecule has 10 heteroatoms. The van der Waals surface area contributed by atoms with Crippen LogP contribution >= 0.6 is 0 Å². The second kappa shape index (κ2) is 5.62. The molecule has 0 atom stereocenters. The van der Waals surface area contributed by atoms with Gasteiger partial charge >= 0.3 is 6.18 Å². The molecular formula is C14H13F3N6O. The Hall–Kier alpha value is -2.91. The van der Waals surface area contributed by atoms with Gasteiger partial charge < -0.3 is 10.5 Å². The molecule has 7 nitrogen and oxygen atoms in total. The summed E-state index contributed by atoms with van der Waals surface area (Å²) in [5.41, 5.74) is 6.75. The van der Waals surface area contributed by atoms with Crippen LogP contribution in [0.15, 0.2) is 18.5 Å². The van der Waals surface area contributed by atoms with Gasteiger partial charge in [0.25, 0.3) is 5.78 Å². The van der Waals surface area contributed by atoms with Gasteiger partial charge in [0.15, 0.2) is 0 Å². The van der Waals surface area contributed by atoms with Crippen LogP contribution in [-0.2, 0) is 12.6 Å². The average molecular weight is 338 g/mol. The fraction of sp³-hybridized carbons (Fsp3) is 0.286. The van der Waals surface area contributed by atoms with Crippen LogP contribution in [0.1, 0.15) is 22.5 Å². The van der Waals surface area contributed by atoms with Crippen molar-refractivity contribution in [1.82, 2.24) is 24.6 Å².